The third-order valence-electron chi connectivity index (χ3n) is 3.03. The van der Waals surface area contributed by atoms with Crippen molar-refractivity contribution in [3.63, 3.8) is 0 Å². The summed E-state index contributed by atoms with van der Waals surface area (Å²) in [5.74, 6) is 10.4. The summed E-state index contributed by atoms with van der Waals surface area (Å²) in [5.41, 5.74) is 12.0. The Morgan fingerprint density at radius 2 is 0.731 bits per heavy atom. The molecule has 0 aromatic heterocycles. The van der Waals surface area contributed by atoms with E-state index in [4.69, 9.17) is 104 Å². The van der Waals surface area contributed by atoms with Gasteiger partial charge < -0.3 is 11.5 Å². The Bertz CT molecular complexity index is 911. The summed E-state index contributed by atoms with van der Waals surface area (Å²) in [6, 6.07) is 0. The van der Waals surface area contributed by atoms with E-state index in [1.54, 1.807) is 0 Å². The molecule has 0 atom stereocenters. The van der Waals surface area contributed by atoms with Crippen LogP contribution >= 0.6 is 92.8 Å². The Kier molecular flexibility index (Phi) is 7.25. The van der Waals surface area contributed by atoms with Crippen LogP contribution < -0.4 is 11.5 Å². The van der Waals surface area contributed by atoms with E-state index in [-0.39, 0.29) is 62.7 Å². The first-order valence-electron chi connectivity index (χ1n) is 6.34. The topological polar surface area (TPSA) is 52.0 Å². The van der Waals surface area contributed by atoms with Crippen LogP contribution in [0.25, 0.3) is 0 Å². The molecule has 2 aromatic rings. The highest BCUT2D eigenvalue weighted by Gasteiger charge is 2.18. The predicted molar refractivity (Wildman–Crippen MR) is 116 cm³/mol. The Hall–Kier alpha value is -0.520. The molecule has 0 unspecified atom stereocenters. The summed E-state index contributed by atoms with van der Waals surface area (Å²) in [6.45, 7) is 0. The fourth-order valence-corrected chi connectivity index (χ4v) is 3.72. The number of rotatable bonds is 0. The van der Waals surface area contributed by atoms with Crippen LogP contribution in [-0.4, -0.2) is 0 Å². The molecular formula is C16H4Cl8N2. The van der Waals surface area contributed by atoms with Crippen molar-refractivity contribution in [3.05, 3.63) is 51.3 Å². The molecule has 10 heteroatoms. The molecule has 0 aliphatic carbocycles. The monoisotopic (exact) mass is 504 g/mol. The number of nitrogens with two attached hydrogens (primary N) is 2. The Morgan fingerprint density at radius 1 is 0.423 bits per heavy atom. The maximum Gasteiger partial charge on any atom is 0.0853 e. The quantitative estimate of drug-likeness (QED) is 0.168. The van der Waals surface area contributed by atoms with Crippen LogP contribution in [0.5, 0.6) is 0 Å². The van der Waals surface area contributed by atoms with Gasteiger partial charge in [0.15, 0.2) is 0 Å². The van der Waals surface area contributed by atoms with Gasteiger partial charge in [-0.2, -0.15) is 0 Å². The van der Waals surface area contributed by atoms with Crippen molar-refractivity contribution in [2.45, 2.75) is 0 Å². The number of anilines is 2. The second kappa shape index (κ2) is 8.66. The zero-order chi connectivity index (χ0) is 19.8. The van der Waals surface area contributed by atoms with Gasteiger partial charge in [-0.25, -0.2) is 0 Å². The minimum Gasteiger partial charge on any atom is -0.396 e. The first kappa shape index (κ1) is 21.8. The molecule has 0 saturated carbocycles. The Morgan fingerprint density at radius 3 is 1.04 bits per heavy atom. The molecule has 0 bridgehead atoms. The van der Waals surface area contributed by atoms with Crippen LogP contribution in [0.4, 0.5) is 11.4 Å². The molecule has 134 valence electrons. The van der Waals surface area contributed by atoms with Crippen molar-refractivity contribution in [1.29, 1.82) is 0 Å². The van der Waals surface area contributed by atoms with Gasteiger partial charge in [-0.05, 0) is 23.7 Å². The maximum atomic E-state index is 6.09. The molecule has 0 fully saturated rings. The van der Waals surface area contributed by atoms with Gasteiger partial charge in [0, 0.05) is 0 Å². The Balaban J connectivity index is 2.54. The van der Waals surface area contributed by atoms with E-state index in [9.17, 15) is 0 Å². The van der Waals surface area contributed by atoms with Crippen LogP contribution in [0, 0.1) is 23.7 Å². The van der Waals surface area contributed by atoms with Gasteiger partial charge in [-0.3, -0.25) is 0 Å². The zero-order valence-corrected chi connectivity index (χ0v) is 18.2. The largest absolute Gasteiger partial charge is 0.396 e. The second-order valence-electron chi connectivity index (χ2n) is 4.59. The van der Waals surface area contributed by atoms with Crippen molar-refractivity contribution in [2.24, 2.45) is 0 Å². The summed E-state index contributed by atoms with van der Waals surface area (Å²) in [5, 5.41) is 0.403. The lowest BCUT2D eigenvalue weighted by atomic mass is 10.2. The third kappa shape index (κ3) is 4.00. The highest BCUT2D eigenvalue weighted by molar-refractivity contribution is 6.52. The fraction of sp³-hybridized carbons (Fsp3) is 0. The van der Waals surface area contributed by atoms with Crippen molar-refractivity contribution in [1.82, 2.24) is 0 Å². The third-order valence-corrected chi connectivity index (χ3v) is 6.50. The number of benzene rings is 2. The summed E-state index contributed by atoms with van der Waals surface area (Å²) < 4.78 is 0. The number of hydrogen-bond donors (Lipinski definition) is 2. The van der Waals surface area contributed by atoms with Crippen LogP contribution in [0.3, 0.4) is 0 Å². The number of hydrogen-bond acceptors (Lipinski definition) is 2. The molecule has 0 spiro atoms. The van der Waals surface area contributed by atoms with E-state index in [2.05, 4.69) is 23.7 Å². The van der Waals surface area contributed by atoms with Gasteiger partial charge in [0.2, 0.25) is 0 Å². The van der Waals surface area contributed by atoms with E-state index < -0.39 is 0 Å². The standard InChI is InChI=1S/C16H4Cl8N2/c17-7-5(9(19)15(25)13(23)11(7)21)3-1-2-4-6-8(18)12(22)14(24)16(26)10(6)20/h25-26H2. The van der Waals surface area contributed by atoms with Gasteiger partial charge in [-0.1, -0.05) is 92.8 Å². The van der Waals surface area contributed by atoms with Crippen molar-refractivity contribution in [3.8, 4) is 23.7 Å². The molecule has 0 saturated heterocycles. The molecule has 0 heterocycles. The number of halogens is 8. The molecular weight excluding hydrogens is 504 g/mol. The lowest BCUT2D eigenvalue weighted by Crippen LogP contribution is -1.94. The van der Waals surface area contributed by atoms with Crippen LogP contribution in [-0.2, 0) is 0 Å². The van der Waals surface area contributed by atoms with Crippen LogP contribution in [0.2, 0.25) is 40.2 Å². The average molecular weight is 508 g/mol. The molecule has 2 rings (SSSR count). The van der Waals surface area contributed by atoms with E-state index >= 15 is 0 Å². The van der Waals surface area contributed by atoms with E-state index in [0.717, 1.165) is 0 Å². The SMILES string of the molecule is Nc1c(Cl)c(Cl)c(Cl)c(C#CC#Cc2c(Cl)c(N)c(Cl)c(Cl)c2Cl)c1Cl. The smallest absolute Gasteiger partial charge is 0.0853 e. The van der Waals surface area contributed by atoms with Crippen LogP contribution in [0.15, 0.2) is 0 Å². The van der Waals surface area contributed by atoms with Crippen LogP contribution in [0.1, 0.15) is 11.1 Å². The van der Waals surface area contributed by atoms with Crippen molar-refractivity contribution in [2.75, 3.05) is 11.5 Å². The molecule has 0 amide bonds. The van der Waals surface area contributed by atoms with Gasteiger partial charge >= 0.3 is 0 Å². The van der Waals surface area contributed by atoms with E-state index in [1.165, 1.54) is 0 Å². The molecule has 0 aliphatic rings. The lowest BCUT2D eigenvalue weighted by molar-refractivity contribution is 1.62. The lowest BCUT2D eigenvalue weighted by Gasteiger charge is -2.08. The molecule has 26 heavy (non-hydrogen) atoms. The predicted octanol–water partition coefficient (Wildman–Crippen LogP) is 7.48. The normalized spacial score (nSPS) is 10.0. The van der Waals surface area contributed by atoms with Gasteiger partial charge in [0.25, 0.3) is 0 Å². The summed E-state index contributed by atoms with van der Waals surface area (Å²) >= 11 is 48.1. The fourth-order valence-electron chi connectivity index (χ4n) is 1.71. The molecule has 2 nitrogen and oxygen atoms in total. The highest BCUT2D eigenvalue weighted by Crippen LogP contribution is 2.43. The molecule has 4 N–H and O–H groups in total. The second-order valence-corrected chi connectivity index (χ2v) is 7.61. The van der Waals surface area contributed by atoms with Gasteiger partial charge in [-0.15, -0.1) is 0 Å². The Labute approximate surface area is 189 Å². The summed E-state index contributed by atoms with van der Waals surface area (Å²) in [7, 11) is 0. The van der Waals surface area contributed by atoms with Crippen molar-refractivity contribution >= 4 is 104 Å². The summed E-state index contributed by atoms with van der Waals surface area (Å²) in [4.78, 5) is 0. The molecule has 2 aromatic carbocycles. The molecule has 0 radical (unpaired) electrons. The average Bonchev–Trinajstić information content (AvgIpc) is 2.63. The zero-order valence-electron chi connectivity index (χ0n) is 12.2. The first-order valence-corrected chi connectivity index (χ1v) is 9.36. The maximum absolute atomic E-state index is 6.09. The first-order chi connectivity index (χ1) is 12.1. The van der Waals surface area contributed by atoms with E-state index in [0.29, 0.717) is 0 Å². The van der Waals surface area contributed by atoms with Crippen molar-refractivity contribution < 1.29 is 0 Å². The minimum atomic E-state index is 0.0378. The number of nitrogen functional groups attached to an aromatic ring is 2. The van der Waals surface area contributed by atoms with Gasteiger partial charge in [0.1, 0.15) is 0 Å². The summed E-state index contributed by atoms with van der Waals surface area (Å²) in [6.07, 6.45) is 0. The molecule has 0 aliphatic heterocycles. The highest BCUT2D eigenvalue weighted by atomic mass is 35.5. The van der Waals surface area contributed by atoms with Gasteiger partial charge in [0.05, 0.1) is 62.7 Å². The van der Waals surface area contributed by atoms with E-state index in [1.807, 2.05) is 0 Å². The minimum absolute atomic E-state index is 0.0378.